The second-order valence-corrected chi connectivity index (χ2v) is 32.7. The van der Waals surface area contributed by atoms with Gasteiger partial charge in [0, 0.05) is 25.7 Å². The molecule has 0 aliphatic carbocycles. The molecule has 0 bridgehead atoms. The summed E-state index contributed by atoms with van der Waals surface area (Å²) in [5.74, 6) is -0.484. The Balaban J connectivity index is 5.19. The van der Waals surface area contributed by atoms with Crippen LogP contribution in [0.3, 0.4) is 0 Å². The van der Waals surface area contributed by atoms with Crippen LogP contribution in [0, 0.1) is 11.8 Å². The van der Waals surface area contributed by atoms with Crippen molar-refractivity contribution in [1.82, 2.24) is 0 Å². The van der Waals surface area contributed by atoms with Crippen LogP contribution >= 0.6 is 15.6 Å². The Morgan fingerprint density at radius 3 is 0.687 bits per heavy atom. The predicted molar refractivity (Wildman–Crippen MR) is 405 cm³/mol. The number of unbranched alkanes of at least 4 members (excludes halogenated alkanes) is 49. The lowest BCUT2D eigenvalue weighted by Gasteiger charge is -2.21. The van der Waals surface area contributed by atoms with Gasteiger partial charge in [0.1, 0.15) is 19.3 Å². The number of phosphoric ester groups is 2. The van der Waals surface area contributed by atoms with Crippen molar-refractivity contribution < 1.29 is 80.2 Å². The van der Waals surface area contributed by atoms with Crippen LogP contribution < -0.4 is 0 Å². The van der Waals surface area contributed by atoms with Crippen LogP contribution in [0.15, 0.2) is 0 Å². The summed E-state index contributed by atoms with van der Waals surface area (Å²) in [6.45, 7) is 9.67. The molecule has 0 aromatic heterocycles. The summed E-state index contributed by atoms with van der Waals surface area (Å²) in [4.78, 5) is 72.9. The molecule has 5 atom stereocenters. The number of rotatable bonds is 79. The summed E-state index contributed by atoms with van der Waals surface area (Å²) in [5, 5.41) is 10.6. The summed E-state index contributed by atoms with van der Waals surface area (Å²) in [7, 11) is -9.91. The maximum Gasteiger partial charge on any atom is 0.472 e. The minimum absolute atomic E-state index is 0.107. The molecule has 0 aromatic carbocycles. The van der Waals surface area contributed by atoms with Gasteiger partial charge in [-0.1, -0.05) is 369 Å². The summed E-state index contributed by atoms with van der Waals surface area (Å²) in [6, 6.07) is 0. The zero-order valence-corrected chi connectivity index (χ0v) is 66.6. The van der Waals surface area contributed by atoms with Gasteiger partial charge in [-0.25, -0.2) is 9.13 Å². The van der Waals surface area contributed by atoms with Crippen molar-refractivity contribution in [3.05, 3.63) is 0 Å². The molecular formula is C80H156O17P2. The standard InChI is InChI=1S/C80H156O17P2/c1-7-9-11-13-15-17-31-40-46-52-58-64-79(84)96-75(68-90-77(82)62-56-50-44-36-16-14-12-10-8-2)70-94-98(86,87)92-66-74(81)67-93-99(88,89)95-71-76(69-91-78(83)63-57-51-45-39-34-29-26-22-24-28-33-38-43-49-55-61-73(5)6)97-80(85)65-59-53-47-41-35-30-25-21-19-18-20-23-27-32-37-42-48-54-60-72(3)4/h72-76,81H,7-71H2,1-6H3,(H,86,87)(H,88,89)/t74-,75+,76+/m0/s1. The van der Waals surface area contributed by atoms with E-state index in [1.54, 1.807) is 0 Å². The Kier molecular flexibility index (Phi) is 70.3. The SMILES string of the molecule is CCCCCCCCCCCCCC(=O)O[C@H](COC(=O)CCCCCCCCCCC)COP(=O)(O)OC[C@H](O)COP(=O)(O)OC[C@@H](COC(=O)CCCCCCCCCCCCCCCCCC(C)C)OC(=O)CCCCCCCCCCCCCCCCCCCCC(C)C. The van der Waals surface area contributed by atoms with Gasteiger partial charge in [-0.15, -0.1) is 0 Å². The lowest BCUT2D eigenvalue weighted by atomic mass is 10.0. The minimum Gasteiger partial charge on any atom is -0.462 e. The second-order valence-electron chi connectivity index (χ2n) is 29.8. The molecule has 0 aromatic rings. The van der Waals surface area contributed by atoms with Crippen LogP contribution in [0.5, 0.6) is 0 Å². The zero-order valence-electron chi connectivity index (χ0n) is 64.8. The van der Waals surface area contributed by atoms with Gasteiger partial charge < -0.3 is 33.8 Å². The van der Waals surface area contributed by atoms with Crippen molar-refractivity contribution in [2.24, 2.45) is 11.8 Å². The third-order valence-electron chi connectivity index (χ3n) is 18.7. The number of phosphoric acid groups is 2. The smallest absolute Gasteiger partial charge is 0.462 e. The van der Waals surface area contributed by atoms with Crippen LogP contribution in [-0.2, 0) is 65.4 Å². The molecule has 0 aliphatic rings. The molecule has 2 unspecified atom stereocenters. The Morgan fingerprint density at radius 1 is 0.273 bits per heavy atom. The molecular weight excluding hydrogens is 1290 g/mol. The first-order valence-electron chi connectivity index (χ1n) is 41.5. The van der Waals surface area contributed by atoms with E-state index < -0.39 is 97.5 Å². The van der Waals surface area contributed by atoms with E-state index in [0.717, 1.165) is 102 Å². The van der Waals surface area contributed by atoms with Gasteiger partial charge in [-0.05, 0) is 37.5 Å². The number of hydrogen-bond donors (Lipinski definition) is 3. The van der Waals surface area contributed by atoms with Crippen LogP contribution in [-0.4, -0.2) is 96.7 Å². The third kappa shape index (κ3) is 74.1. The average Bonchev–Trinajstić information content (AvgIpc) is 1.09. The number of hydrogen-bond acceptors (Lipinski definition) is 15. The van der Waals surface area contributed by atoms with Gasteiger partial charge in [0.25, 0.3) is 0 Å². The fourth-order valence-electron chi connectivity index (χ4n) is 12.4. The first-order valence-corrected chi connectivity index (χ1v) is 44.5. The van der Waals surface area contributed by atoms with Crippen molar-refractivity contribution >= 4 is 39.5 Å². The molecule has 0 saturated heterocycles. The van der Waals surface area contributed by atoms with E-state index >= 15 is 0 Å². The molecule has 0 saturated carbocycles. The first-order chi connectivity index (χ1) is 47.9. The number of carbonyl (C=O) groups excluding carboxylic acids is 4. The number of ether oxygens (including phenoxy) is 4. The monoisotopic (exact) mass is 1450 g/mol. The van der Waals surface area contributed by atoms with Crippen LogP contribution in [0.1, 0.15) is 420 Å². The Morgan fingerprint density at radius 2 is 0.465 bits per heavy atom. The van der Waals surface area contributed by atoms with Crippen LogP contribution in [0.4, 0.5) is 0 Å². The Bertz CT molecular complexity index is 1910. The van der Waals surface area contributed by atoms with E-state index in [1.807, 2.05) is 0 Å². The average molecular weight is 1450 g/mol. The van der Waals surface area contributed by atoms with Crippen molar-refractivity contribution in [2.75, 3.05) is 39.6 Å². The maximum absolute atomic E-state index is 13.1. The molecule has 0 heterocycles. The topological polar surface area (TPSA) is 237 Å². The molecule has 0 radical (unpaired) electrons. The Hall–Kier alpha value is -1.94. The van der Waals surface area contributed by atoms with Crippen molar-refractivity contribution in [2.45, 2.75) is 439 Å². The molecule has 588 valence electrons. The highest BCUT2D eigenvalue weighted by molar-refractivity contribution is 7.47. The number of aliphatic hydroxyl groups excluding tert-OH is 1. The molecule has 99 heavy (non-hydrogen) atoms. The molecule has 0 aliphatic heterocycles. The van der Waals surface area contributed by atoms with E-state index in [-0.39, 0.29) is 25.7 Å². The number of aliphatic hydroxyl groups is 1. The van der Waals surface area contributed by atoms with Gasteiger partial charge in [0.2, 0.25) is 0 Å². The Labute approximate surface area is 607 Å². The molecule has 17 nitrogen and oxygen atoms in total. The highest BCUT2D eigenvalue weighted by Gasteiger charge is 2.30. The van der Waals surface area contributed by atoms with Crippen molar-refractivity contribution in [1.29, 1.82) is 0 Å². The van der Waals surface area contributed by atoms with Gasteiger partial charge in [0.15, 0.2) is 12.2 Å². The molecule has 19 heteroatoms. The van der Waals surface area contributed by atoms with Gasteiger partial charge in [-0.2, -0.15) is 0 Å². The van der Waals surface area contributed by atoms with Gasteiger partial charge >= 0.3 is 39.5 Å². The predicted octanol–water partition coefficient (Wildman–Crippen LogP) is 23.9. The number of carbonyl (C=O) groups is 4. The van der Waals surface area contributed by atoms with Crippen LogP contribution in [0.2, 0.25) is 0 Å². The van der Waals surface area contributed by atoms with Crippen LogP contribution in [0.25, 0.3) is 0 Å². The van der Waals surface area contributed by atoms with E-state index in [1.165, 1.54) is 238 Å². The van der Waals surface area contributed by atoms with E-state index in [9.17, 15) is 43.2 Å². The molecule has 0 spiro atoms. The van der Waals surface area contributed by atoms with E-state index in [4.69, 9.17) is 37.0 Å². The summed E-state index contributed by atoms with van der Waals surface area (Å²) < 4.78 is 68.6. The second kappa shape index (κ2) is 71.7. The van der Waals surface area contributed by atoms with E-state index in [0.29, 0.717) is 25.7 Å². The molecule has 0 fully saturated rings. The fraction of sp³-hybridized carbons (Fsp3) is 0.950. The zero-order chi connectivity index (χ0) is 72.8. The van der Waals surface area contributed by atoms with E-state index in [2.05, 4.69) is 41.5 Å². The van der Waals surface area contributed by atoms with Gasteiger partial charge in [-0.3, -0.25) is 37.3 Å². The first kappa shape index (κ1) is 97.1. The lowest BCUT2D eigenvalue weighted by molar-refractivity contribution is -0.161. The summed E-state index contributed by atoms with van der Waals surface area (Å²) >= 11 is 0. The minimum atomic E-state index is -4.96. The molecule has 3 N–H and O–H groups in total. The highest BCUT2D eigenvalue weighted by Crippen LogP contribution is 2.45. The third-order valence-corrected chi connectivity index (χ3v) is 20.6. The fourth-order valence-corrected chi connectivity index (χ4v) is 13.9. The maximum atomic E-state index is 13.1. The lowest BCUT2D eigenvalue weighted by Crippen LogP contribution is -2.30. The largest absolute Gasteiger partial charge is 0.472 e. The van der Waals surface area contributed by atoms with Gasteiger partial charge in [0.05, 0.1) is 26.4 Å². The summed E-state index contributed by atoms with van der Waals surface area (Å²) in [5.41, 5.74) is 0. The number of esters is 4. The summed E-state index contributed by atoms with van der Waals surface area (Å²) in [6.07, 6.45) is 61.1. The van der Waals surface area contributed by atoms with Crippen molar-refractivity contribution in [3.8, 4) is 0 Å². The quantitative estimate of drug-likeness (QED) is 0.0222. The molecule has 0 amide bonds. The van der Waals surface area contributed by atoms with Crippen molar-refractivity contribution in [3.63, 3.8) is 0 Å². The normalized spacial score (nSPS) is 13.9. The highest BCUT2D eigenvalue weighted by atomic mass is 31.2. The molecule has 0 rings (SSSR count).